The minimum atomic E-state index is -0.254. The first-order valence-corrected chi connectivity index (χ1v) is 13.6. The van der Waals surface area contributed by atoms with Crippen molar-refractivity contribution in [3.63, 3.8) is 0 Å². The van der Waals surface area contributed by atoms with Gasteiger partial charge in [-0.2, -0.15) is 9.97 Å². The summed E-state index contributed by atoms with van der Waals surface area (Å²) in [4.78, 5) is 38.1. The molecule has 10 nitrogen and oxygen atoms in total. The summed E-state index contributed by atoms with van der Waals surface area (Å²) in [6, 6.07) is 0.220. The molecule has 0 radical (unpaired) electrons. The number of fused-ring (bicyclic) bond motifs is 1. The molecule has 2 aromatic rings. The van der Waals surface area contributed by atoms with Crippen molar-refractivity contribution in [2.24, 2.45) is 11.8 Å². The van der Waals surface area contributed by atoms with Crippen molar-refractivity contribution in [2.75, 3.05) is 39.1 Å². The maximum atomic E-state index is 12.5. The van der Waals surface area contributed by atoms with Crippen molar-refractivity contribution in [1.82, 2.24) is 24.4 Å². The van der Waals surface area contributed by atoms with Crippen LogP contribution >= 0.6 is 0 Å². The molecule has 2 aliphatic rings. The van der Waals surface area contributed by atoms with Crippen LogP contribution in [0.4, 0.5) is 5.82 Å². The van der Waals surface area contributed by atoms with E-state index in [9.17, 15) is 9.59 Å². The van der Waals surface area contributed by atoms with Crippen LogP contribution in [0.3, 0.4) is 0 Å². The van der Waals surface area contributed by atoms with E-state index >= 15 is 0 Å². The number of carbonyl (C=O) groups is 1. The number of nitrogen functional groups attached to an aromatic ring is 1. The number of piperidine rings is 1. The Kier molecular flexibility index (Phi) is 9.38. The van der Waals surface area contributed by atoms with Gasteiger partial charge in [0.2, 0.25) is 0 Å². The van der Waals surface area contributed by atoms with Crippen molar-refractivity contribution in [2.45, 2.75) is 64.8 Å². The first-order chi connectivity index (χ1) is 18.0. The Morgan fingerprint density at radius 2 is 1.97 bits per heavy atom. The smallest absolute Gasteiger partial charge is 0.337 e. The number of likely N-dealkylation sites (tertiary alicyclic amines) is 1. The van der Waals surface area contributed by atoms with Crippen LogP contribution in [0.2, 0.25) is 0 Å². The van der Waals surface area contributed by atoms with E-state index in [0.29, 0.717) is 35.8 Å². The number of aromatic amines is 1. The number of unbranched alkanes of at least 4 members (excludes halogenated alkanes) is 2. The Morgan fingerprint density at radius 1 is 1.19 bits per heavy atom. The summed E-state index contributed by atoms with van der Waals surface area (Å²) in [5, 5.41) is 0. The number of ether oxygens (including phenoxy) is 2. The Bertz CT molecular complexity index is 1180. The molecule has 1 atom stereocenters. The van der Waals surface area contributed by atoms with Crippen LogP contribution in [-0.2, 0) is 16.1 Å². The molecule has 0 aromatic carbocycles. The van der Waals surface area contributed by atoms with E-state index in [1.807, 2.05) is 12.2 Å². The van der Waals surface area contributed by atoms with Crippen molar-refractivity contribution in [3.8, 4) is 6.01 Å². The van der Waals surface area contributed by atoms with Gasteiger partial charge in [-0.15, -0.1) is 0 Å². The molecule has 0 saturated carbocycles. The lowest BCUT2D eigenvalue weighted by molar-refractivity contribution is -0.135. The van der Waals surface area contributed by atoms with Gasteiger partial charge in [-0.25, -0.2) is 9.59 Å². The minimum absolute atomic E-state index is 0.215. The van der Waals surface area contributed by atoms with Crippen LogP contribution in [0.5, 0.6) is 6.01 Å². The molecule has 3 heterocycles. The second-order valence-electron chi connectivity index (χ2n) is 10.1. The molecule has 0 spiro atoms. The number of aromatic nitrogens is 4. The lowest BCUT2D eigenvalue weighted by Crippen LogP contribution is -2.35. The molecule has 1 aliphatic carbocycles. The lowest BCUT2D eigenvalue weighted by atomic mass is 9.83. The van der Waals surface area contributed by atoms with E-state index in [4.69, 9.17) is 15.2 Å². The molecule has 1 unspecified atom stereocenters. The predicted molar refractivity (Wildman–Crippen MR) is 143 cm³/mol. The van der Waals surface area contributed by atoms with Gasteiger partial charge < -0.3 is 25.1 Å². The quantitative estimate of drug-likeness (QED) is 0.327. The predicted octanol–water partition coefficient (Wildman–Crippen LogP) is 3.44. The fourth-order valence-corrected chi connectivity index (χ4v) is 5.20. The van der Waals surface area contributed by atoms with Gasteiger partial charge in [-0.1, -0.05) is 31.6 Å². The van der Waals surface area contributed by atoms with Gasteiger partial charge in [0.1, 0.15) is 5.52 Å². The number of carbonyl (C=O) groups excluding carboxylic acids is 1. The summed E-state index contributed by atoms with van der Waals surface area (Å²) >= 11 is 0. The number of aryl methyl sites for hydroxylation is 1. The van der Waals surface area contributed by atoms with Gasteiger partial charge in [0, 0.05) is 6.54 Å². The number of allylic oxidation sites excluding steroid dienone is 2. The van der Waals surface area contributed by atoms with Crippen LogP contribution < -0.4 is 16.2 Å². The molecule has 0 amide bonds. The Balaban J connectivity index is 1.20. The third kappa shape index (κ3) is 7.00. The monoisotopic (exact) mass is 512 g/mol. The molecule has 4 rings (SSSR count). The van der Waals surface area contributed by atoms with Crippen LogP contribution in [0.15, 0.2) is 28.6 Å². The molecule has 202 valence electrons. The average molecular weight is 513 g/mol. The summed E-state index contributed by atoms with van der Waals surface area (Å²) < 4.78 is 12.1. The molecule has 0 bridgehead atoms. The van der Waals surface area contributed by atoms with E-state index in [1.165, 1.54) is 26.4 Å². The number of imidazole rings is 1. The lowest BCUT2D eigenvalue weighted by Gasteiger charge is -2.33. The molecule has 3 N–H and O–H groups in total. The zero-order valence-corrected chi connectivity index (χ0v) is 22.1. The number of rotatable bonds is 12. The molecule has 1 saturated heterocycles. The minimum Gasteiger partial charge on any atom is -0.465 e. The topological polar surface area (TPSA) is 128 Å². The fourth-order valence-electron chi connectivity index (χ4n) is 5.20. The summed E-state index contributed by atoms with van der Waals surface area (Å²) in [5.41, 5.74) is 7.48. The standard InChI is InChI=1S/C27H40N6O4/c1-3-4-17-37-26-30-23(28)22-24(31-26)33(27(35)29-22)14-6-5-13-32-15-11-20(12-16-32)18-19-7-9-21(10-8-19)25(34)36-2/h7,9-10,19-20H,3-6,8,11-18H2,1-2H3,(H,29,35)(H2,28,30,31). The van der Waals surface area contributed by atoms with E-state index in [1.54, 1.807) is 4.57 Å². The average Bonchev–Trinajstić information content (AvgIpc) is 3.23. The largest absolute Gasteiger partial charge is 0.465 e. The Hall–Kier alpha value is -3.14. The highest BCUT2D eigenvalue weighted by Crippen LogP contribution is 2.29. The highest BCUT2D eigenvalue weighted by atomic mass is 16.5. The van der Waals surface area contributed by atoms with E-state index in [0.717, 1.165) is 57.7 Å². The summed E-state index contributed by atoms with van der Waals surface area (Å²) in [6.45, 7) is 6.44. The van der Waals surface area contributed by atoms with Gasteiger partial charge in [0.05, 0.1) is 19.3 Å². The van der Waals surface area contributed by atoms with Gasteiger partial charge >= 0.3 is 17.7 Å². The summed E-state index contributed by atoms with van der Waals surface area (Å²) in [6.07, 6.45) is 14.4. The molecule has 1 aliphatic heterocycles. The molecule has 2 aromatic heterocycles. The van der Waals surface area contributed by atoms with E-state index < -0.39 is 0 Å². The van der Waals surface area contributed by atoms with Crippen LogP contribution in [-0.4, -0.2) is 63.7 Å². The number of nitrogens with one attached hydrogen (secondary N) is 1. The highest BCUT2D eigenvalue weighted by Gasteiger charge is 2.23. The van der Waals surface area contributed by atoms with Crippen molar-refractivity contribution < 1.29 is 14.3 Å². The van der Waals surface area contributed by atoms with Crippen LogP contribution in [0, 0.1) is 11.8 Å². The zero-order chi connectivity index (χ0) is 26.2. The zero-order valence-electron chi connectivity index (χ0n) is 22.1. The van der Waals surface area contributed by atoms with Crippen molar-refractivity contribution >= 4 is 23.0 Å². The van der Waals surface area contributed by atoms with Crippen LogP contribution in [0.25, 0.3) is 11.2 Å². The highest BCUT2D eigenvalue weighted by molar-refractivity contribution is 5.91. The van der Waals surface area contributed by atoms with E-state index in [2.05, 4.69) is 32.9 Å². The fraction of sp³-hybridized carbons (Fsp3) is 0.630. The van der Waals surface area contributed by atoms with Gasteiger partial charge in [-0.3, -0.25) is 4.57 Å². The maximum absolute atomic E-state index is 12.5. The van der Waals surface area contributed by atoms with Crippen molar-refractivity contribution in [1.29, 1.82) is 0 Å². The number of nitrogens with two attached hydrogens (primary N) is 1. The maximum Gasteiger partial charge on any atom is 0.337 e. The second kappa shape index (κ2) is 12.9. The second-order valence-corrected chi connectivity index (χ2v) is 10.1. The number of anilines is 1. The SMILES string of the molecule is CCCCOc1nc(N)c2[nH]c(=O)n(CCCCN3CCC(CC4C=CC(C(=O)OC)=CC4)CC3)c2n1. The molecular weight excluding hydrogens is 472 g/mol. The van der Waals surface area contributed by atoms with Gasteiger partial charge in [-0.05, 0) is 76.4 Å². The number of H-pyrrole nitrogens is 1. The number of hydrogen-bond acceptors (Lipinski definition) is 8. The number of methoxy groups -OCH3 is 1. The third-order valence-corrected chi connectivity index (χ3v) is 7.42. The molecule has 10 heteroatoms. The Labute approximate surface area is 217 Å². The molecule has 1 fully saturated rings. The molecule has 37 heavy (non-hydrogen) atoms. The first kappa shape index (κ1) is 26.9. The van der Waals surface area contributed by atoms with Crippen molar-refractivity contribution in [3.05, 3.63) is 34.3 Å². The van der Waals surface area contributed by atoms with Gasteiger partial charge in [0.25, 0.3) is 0 Å². The number of nitrogens with zero attached hydrogens (tertiary/aromatic N) is 4. The summed E-state index contributed by atoms with van der Waals surface area (Å²) in [5.74, 6) is 1.22. The van der Waals surface area contributed by atoms with E-state index in [-0.39, 0.29) is 23.5 Å². The normalized spacial score (nSPS) is 18.8. The number of esters is 1. The Morgan fingerprint density at radius 3 is 2.68 bits per heavy atom. The third-order valence-electron chi connectivity index (χ3n) is 7.42. The first-order valence-electron chi connectivity index (χ1n) is 13.6. The van der Waals surface area contributed by atoms with Crippen LogP contribution in [0.1, 0.15) is 58.3 Å². The van der Waals surface area contributed by atoms with Gasteiger partial charge in [0.15, 0.2) is 11.5 Å². The number of hydrogen-bond donors (Lipinski definition) is 2. The molecular formula is C27H40N6O4. The summed E-state index contributed by atoms with van der Waals surface area (Å²) in [7, 11) is 1.42.